The highest BCUT2D eigenvalue weighted by atomic mass is 32.1. The van der Waals surface area contributed by atoms with E-state index < -0.39 is 11.2 Å². The second-order valence-electron chi connectivity index (χ2n) is 4.44. The molecule has 0 radical (unpaired) electrons. The predicted octanol–water partition coefficient (Wildman–Crippen LogP) is -0.986. The summed E-state index contributed by atoms with van der Waals surface area (Å²) in [7, 11) is 1.36. The molecule has 4 N–H and O–H groups in total. The summed E-state index contributed by atoms with van der Waals surface area (Å²) in [5, 5.41) is 5.02. The molecule has 2 aromatic rings. The maximum atomic E-state index is 11.8. The molecule has 0 aliphatic heterocycles. The number of hydrogen-bond donors (Lipinski definition) is 3. The third kappa shape index (κ3) is 3.78. The van der Waals surface area contributed by atoms with E-state index in [9.17, 15) is 14.4 Å². The van der Waals surface area contributed by atoms with Crippen molar-refractivity contribution in [3.8, 4) is 0 Å². The number of hydrogen-bond acceptors (Lipinski definition) is 6. The fourth-order valence-corrected chi connectivity index (χ4v) is 2.34. The van der Waals surface area contributed by atoms with Gasteiger partial charge < -0.3 is 16.0 Å². The average molecular weight is 309 g/mol. The van der Waals surface area contributed by atoms with Gasteiger partial charge in [-0.2, -0.15) is 0 Å². The van der Waals surface area contributed by atoms with E-state index in [0.717, 1.165) is 10.3 Å². The number of nitrogen functional groups attached to an aromatic ring is 1. The van der Waals surface area contributed by atoms with Crippen LogP contribution in [0.25, 0.3) is 0 Å². The van der Waals surface area contributed by atoms with E-state index in [1.165, 1.54) is 24.6 Å². The van der Waals surface area contributed by atoms with E-state index in [1.54, 1.807) is 0 Å². The first-order valence-corrected chi connectivity index (χ1v) is 7.09. The van der Waals surface area contributed by atoms with Crippen LogP contribution in [-0.4, -0.2) is 27.0 Å². The molecule has 0 saturated carbocycles. The Hall–Kier alpha value is -2.42. The Morgan fingerprint density at radius 3 is 2.95 bits per heavy atom. The number of rotatable bonds is 5. The summed E-state index contributed by atoms with van der Waals surface area (Å²) < 4.78 is 0.931. The molecule has 21 heavy (non-hydrogen) atoms. The molecule has 0 unspecified atom stereocenters. The number of aromatic amines is 1. The maximum absolute atomic E-state index is 11.8. The Morgan fingerprint density at radius 2 is 2.29 bits per heavy atom. The van der Waals surface area contributed by atoms with Crippen LogP contribution in [0.3, 0.4) is 0 Å². The number of carbonyl (C=O) groups excluding carboxylic acids is 1. The fraction of sp³-hybridized carbons (Fsp3) is 0.333. The topological polar surface area (TPSA) is 123 Å². The van der Waals surface area contributed by atoms with E-state index in [2.05, 4.69) is 15.3 Å². The highest BCUT2D eigenvalue weighted by Gasteiger charge is 2.09. The van der Waals surface area contributed by atoms with Crippen molar-refractivity contribution in [1.29, 1.82) is 0 Å². The molecule has 0 aromatic carbocycles. The van der Waals surface area contributed by atoms with Crippen molar-refractivity contribution in [3.05, 3.63) is 43.7 Å². The highest BCUT2D eigenvalue weighted by Crippen LogP contribution is 2.10. The molecule has 0 aliphatic carbocycles. The number of nitrogens with one attached hydrogen (secondary N) is 2. The van der Waals surface area contributed by atoms with Crippen molar-refractivity contribution in [2.75, 3.05) is 12.3 Å². The summed E-state index contributed by atoms with van der Waals surface area (Å²) in [5.74, 6) is -0.289. The lowest BCUT2D eigenvalue weighted by Gasteiger charge is -2.04. The summed E-state index contributed by atoms with van der Waals surface area (Å²) in [6.07, 6.45) is 1.76. The summed E-state index contributed by atoms with van der Waals surface area (Å²) in [6, 6.07) is 0. The lowest BCUT2D eigenvalue weighted by atomic mass is 10.2. The van der Waals surface area contributed by atoms with Gasteiger partial charge in [-0.05, 0) is 0 Å². The minimum absolute atomic E-state index is 0.0807. The first-order chi connectivity index (χ1) is 9.97. The summed E-state index contributed by atoms with van der Waals surface area (Å²) in [6.45, 7) is 0.408. The third-order valence-electron chi connectivity index (χ3n) is 2.88. The zero-order valence-corrected chi connectivity index (χ0v) is 12.2. The molecule has 0 fully saturated rings. The van der Waals surface area contributed by atoms with Crippen LogP contribution in [0, 0.1) is 0 Å². The Labute approximate surface area is 123 Å². The first kappa shape index (κ1) is 15.0. The van der Waals surface area contributed by atoms with Crippen LogP contribution in [0.15, 0.2) is 21.2 Å². The van der Waals surface area contributed by atoms with Crippen LogP contribution in [0.4, 0.5) is 5.13 Å². The van der Waals surface area contributed by atoms with E-state index >= 15 is 0 Å². The number of nitrogens with zero attached hydrogens (tertiary/aromatic N) is 2. The van der Waals surface area contributed by atoms with Gasteiger partial charge in [0.25, 0.3) is 5.56 Å². The van der Waals surface area contributed by atoms with Gasteiger partial charge in [0.05, 0.1) is 12.1 Å². The monoisotopic (exact) mass is 309 g/mol. The maximum Gasteiger partial charge on any atom is 0.328 e. The zero-order chi connectivity index (χ0) is 15.4. The number of H-pyrrole nitrogens is 1. The van der Waals surface area contributed by atoms with Crippen molar-refractivity contribution in [2.45, 2.75) is 12.8 Å². The number of anilines is 1. The van der Waals surface area contributed by atoms with Crippen molar-refractivity contribution in [1.82, 2.24) is 19.9 Å². The molecular formula is C12H15N5O3S. The molecule has 0 aliphatic rings. The lowest BCUT2D eigenvalue weighted by Crippen LogP contribution is -2.36. The number of carbonyl (C=O) groups is 1. The number of aromatic nitrogens is 3. The Morgan fingerprint density at radius 1 is 1.52 bits per heavy atom. The quantitative estimate of drug-likeness (QED) is 0.654. The van der Waals surface area contributed by atoms with Crippen LogP contribution in [-0.2, 0) is 24.7 Å². The van der Waals surface area contributed by atoms with Gasteiger partial charge in [-0.3, -0.25) is 14.2 Å². The van der Waals surface area contributed by atoms with Crippen molar-refractivity contribution in [3.63, 3.8) is 0 Å². The number of nitrogens with two attached hydrogens (primary N) is 1. The van der Waals surface area contributed by atoms with Crippen LogP contribution < -0.4 is 22.3 Å². The normalized spacial score (nSPS) is 10.5. The average Bonchev–Trinajstić information content (AvgIpc) is 2.85. The summed E-state index contributed by atoms with van der Waals surface area (Å²) in [5.41, 5.74) is 5.59. The van der Waals surface area contributed by atoms with Gasteiger partial charge in [0.2, 0.25) is 5.91 Å². The number of thiazole rings is 1. The summed E-state index contributed by atoms with van der Waals surface area (Å²) >= 11 is 1.35. The second kappa shape index (κ2) is 6.35. The lowest BCUT2D eigenvalue weighted by molar-refractivity contribution is -0.120. The van der Waals surface area contributed by atoms with Gasteiger partial charge in [0, 0.05) is 37.2 Å². The van der Waals surface area contributed by atoms with Crippen LogP contribution >= 0.6 is 11.3 Å². The van der Waals surface area contributed by atoms with Gasteiger partial charge in [-0.25, -0.2) is 9.78 Å². The van der Waals surface area contributed by atoms with Crippen LogP contribution in [0.2, 0.25) is 0 Å². The van der Waals surface area contributed by atoms with E-state index in [1.807, 2.05) is 5.38 Å². The molecule has 2 aromatic heterocycles. The Kier molecular flexibility index (Phi) is 4.53. The molecule has 0 bridgehead atoms. The highest BCUT2D eigenvalue weighted by molar-refractivity contribution is 7.13. The first-order valence-electron chi connectivity index (χ1n) is 6.21. The minimum atomic E-state index is -0.509. The van der Waals surface area contributed by atoms with E-state index in [0.29, 0.717) is 18.1 Å². The van der Waals surface area contributed by atoms with Gasteiger partial charge >= 0.3 is 5.69 Å². The van der Waals surface area contributed by atoms with Gasteiger partial charge in [0.15, 0.2) is 5.13 Å². The molecule has 2 rings (SSSR count). The van der Waals surface area contributed by atoms with Crippen molar-refractivity contribution in [2.24, 2.45) is 7.05 Å². The Bertz CT molecular complexity index is 761. The smallest absolute Gasteiger partial charge is 0.328 e. The van der Waals surface area contributed by atoms with Crippen molar-refractivity contribution >= 4 is 22.4 Å². The SMILES string of the molecule is Cn1c(=O)[nH]cc(CC(=O)NCCc2csc(N)n2)c1=O. The number of amides is 1. The molecule has 9 heteroatoms. The zero-order valence-electron chi connectivity index (χ0n) is 11.4. The molecule has 0 atom stereocenters. The molecular weight excluding hydrogens is 294 g/mol. The van der Waals surface area contributed by atoms with Gasteiger partial charge in [0.1, 0.15) is 0 Å². The second-order valence-corrected chi connectivity index (χ2v) is 5.33. The van der Waals surface area contributed by atoms with E-state index in [4.69, 9.17) is 5.73 Å². The fourth-order valence-electron chi connectivity index (χ4n) is 1.74. The van der Waals surface area contributed by atoms with Crippen LogP contribution in [0.1, 0.15) is 11.3 Å². The minimum Gasteiger partial charge on any atom is -0.375 e. The molecule has 8 nitrogen and oxygen atoms in total. The summed E-state index contributed by atoms with van der Waals surface area (Å²) in [4.78, 5) is 41.2. The van der Waals surface area contributed by atoms with Crippen molar-refractivity contribution < 1.29 is 4.79 Å². The molecule has 0 saturated heterocycles. The third-order valence-corrected chi connectivity index (χ3v) is 3.60. The van der Waals surface area contributed by atoms with Gasteiger partial charge in [-0.1, -0.05) is 0 Å². The van der Waals surface area contributed by atoms with E-state index in [-0.39, 0.29) is 17.9 Å². The molecule has 1 amide bonds. The largest absolute Gasteiger partial charge is 0.375 e. The molecule has 112 valence electrons. The molecule has 0 spiro atoms. The van der Waals surface area contributed by atoms with Gasteiger partial charge in [-0.15, -0.1) is 11.3 Å². The predicted molar refractivity (Wildman–Crippen MR) is 79.2 cm³/mol. The van der Waals surface area contributed by atoms with Crippen LogP contribution in [0.5, 0.6) is 0 Å². The Balaban J connectivity index is 1.89. The molecule has 2 heterocycles. The standard InChI is InChI=1S/C12H15N5O3S/c1-17-10(19)7(5-15-12(17)20)4-9(18)14-3-2-8-6-21-11(13)16-8/h5-6H,2-4H2,1H3,(H2,13,16)(H,14,18)(H,15,20).